The van der Waals surface area contributed by atoms with Crippen LogP contribution in [0.2, 0.25) is 5.02 Å². The second-order valence-electron chi connectivity index (χ2n) is 5.57. The first kappa shape index (κ1) is 15.8. The zero-order valence-corrected chi connectivity index (χ0v) is 13.7. The normalized spacial score (nSPS) is 14.3. The van der Waals surface area contributed by atoms with Crippen LogP contribution in [0, 0.1) is 0 Å². The highest BCUT2D eigenvalue weighted by molar-refractivity contribution is 6.30. The Hall–Kier alpha value is -2.08. The van der Waals surface area contributed by atoms with E-state index >= 15 is 0 Å². The first-order valence-electron chi connectivity index (χ1n) is 7.73. The summed E-state index contributed by atoms with van der Waals surface area (Å²) in [5.74, 6) is 2.46. The van der Waals surface area contributed by atoms with Crippen LogP contribution in [0.25, 0.3) is 0 Å². The van der Waals surface area contributed by atoms with Gasteiger partial charge in [0.1, 0.15) is 11.6 Å². The van der Waals surface area contributed by atoms with E-state index in [9.17, 15) is 4.79 Å². The number of aromatic nitrogens is 3. The summed E-state index contributed by atoms with van der Waals surface area (Å²) >= 11 is 5.81. The molecular weight excluding hydrogens is 316 g/mol. The molecule has 122 valence electrons. The van der Waals surface area contributed by atoms with Gasteiger partial charge in [-0.3, -0.25) is 4.79 Å². The van der Waals surface area contributed by atoms with E-state index in [1.807, 2.05) is 6.92 Å². The molecule has 2 aromatic rings. The van der Waals surface area contributed by atoms with Crippen LogP contribution in [-0.2, 0) is 17.8 Å². The summed E-state index contributed by atoms with van der Waals surface area (Å²) in [5.41, 5.74) is 0. The van der Waals surface area contributed by atoms with Gasteiger partial charge in [0.05, 0.1) is 19.1 Å². The summed E-state index contributed by atoms with van der Waals surface area (Å²) in [4.78, 5) is 12.0. The van der Waals surface area contributed by atoms with Crippen molar-refractivity contribution in [1.29, 1.82) is 0 Å². The molecule has 1 N–H and O–H groups in total. The summed E-state index contributed by atoms with van der Waals surface area (Å²) in [6, 6.07) is 6.91. The minimum Gasteiger partial charge on any atom is -0.493 e. The number of amides is 1. The number of nitrogens with zero attached hydrogens (tertiary/aromatic N) is 3. The molecule has 0 radical (unpaired) electrons. The van der Waals surface area contributed by atoms with E-state index in [1.165, 1.54) is 0 Å². The lowest BCUT2D eigenvalue weighted by Gasteiger charge is -2.14. The second-order valence-corrected chi connectivity index (χ2v) is 6.01. The molecule has 0 saturated heterocycles. The number of aryl methyl sites for hydroxylation is 1. The average molecular weight is 335 g/mol. The van der Waals surface area contributed by atoms with E-state index in [4.69, 9.17) is 16.3 Å². The van der Waals surface area contributed by atoms with Gasteiger partial charge in [-0.1, -0.05) is 11.6 Å². The van der Waals surface area contributed by atoms with Crippen LogP contribution >= 0.6 is 11.6 Å². The first-order chi connectivity index (χ1) is 11.1. The molecule has 0 aliphatic carbocycles. The van der Waals surface area contributed by atoms with Crippen molar-refractivity contribution in [3.8, 4) is 5.75 Å². The monoisotopic (exact) mass is 334 g/mol. The number of hydrogen-bond donors (Lipinski definition) is 1. The van der Waals surface area contributed by atoms with Gasteiger partial charge in [-0.05, 0) is 37.6 Å². The Kier molecular flexibility index (Phi) is 4.81. The number of carbonyl (C=O) groups is 1. The maximum Gasteiger partial charge on any atom is 0.224 e. The van der Waals surface area contributed by atoms with E-state index in [1.54, 1.807) is 24.3 Å². The van der Waals surface area contributed by atoms with Gasteiger partial charge in [0, 0.05) is 18.0 Å². The molecule has 0 unspecified atom stereocenters. The van der Waals surface area contributed by atoms with Gasteiger partial charge in [0.15, 0.2) is 5.82 Å². The average Bonchev–Trinajstić information content (AvgIpc) is 3.12. The Morgan fingerprint density at radius 1 is 1.39 bits per heavy atom. The lowest BCUT2D eigenvalue weighted by atomic mass is 10.3. The maximum absolute atomic E-state index is 12.0. The fourth-order valence-electron chi connectivity index (χ4n) is 2.66. The van der Waals surface area contributed by atoms with Crippen LogP contribution in [0.1, 0.15) is 37.5 Å². The zero-order chi connectivity index (χ0) is 16.2. The summed E-state index contributed by atoms with van der Waals surface area (Å²) in [7, 11) is 0. The minimum atomic E-state index is -0.155. The van der Waals surface area contributed by atoms with Crippen molar-refractivity contribution in [3.05, 3.63) is 40.9 Å². The number of nitrogens with one attached hydrogen (secondary N) is 1. The molecular formula is C16H19ClN4O2. The smallest absolute Gasteiger partial charge is 0.224 e. The molecule has 0 bridgehead atoms. The van der Waals surface area contributed by atoms with Gasteiger partial charge in [0.2, 0.25) is 5.91 Å². The molecule has 7 heteroatoms. The molecule has 1 atom stereocenters. The highest BCUT2D eigenvalue weighted by Crippen LogP contribution is 2.19. The Morgan fingerprint density at radius 3 is 2.96 bits per heavy atom. The SMILES string of the molecule is C[C@H](NC(=O)CCOc1ccc(Cl)cc1)c1nnc2n1CCC2. The van der Waals surface area contributed by atoms with Crippen molar-refractivity contribution in [2.75, 3.05) is 6.61 Å². The summed E-state index contributed by atoms with van der Waals surface area (Å²) in [5, 5.41) is 11.9. The molecule has 0 fully saturated rings. The number of ether oxygens (including phenoxy) is 1. The molecule has 1 amide bonds. The largest absolute Gasteiger partial charge is 0.493 e. The Bertz CT molecular complexity index is 684. The third-order valence-corrected chi connectivity index (χ3v) is 4.07. The number of fused-ring (bicyclic) bond motifs is 1. The van der Waals surface area contributed by atoms with Crippen molar-refractivity contribution < 1.29 is 9.53 Å². The number of hydrogen-bond acceptors (Lipinski definition) is 4. The Morgan fingerprint density at radius 2 is 2.17 bits per heavy atom. The first-order valence-corrected chi connectivity index (χ1v) is 8.11. The predicted molar refractivity (Wildman–Crippen MR) is 86.5 cm³/mol. The number of halogens is 1. The molecule has 3 rings (SSSR count). The van der Waals surface area contributed by atoms with Gasteiger partial charge in [-0.2, -0.15) is 0 Å². The van der Waals surface area contributed by atoms with Crippen LogP contribution in [0.15, 0.2) is 24.3 Å². The number of carbonyl (C=O) groups excluding carboxylic acids is 1. The van der Waals surface area contributed by atoms with E-state index in [2.05, 4.69) is 20.1 Å². The molecule has 0 saturated carbocycles. The summed E-state index contributed by atoms with van der Waals surface area (Å²) < 4.78 is 7.62. The summed E-state index contributed by atoms with van der Waals surface area (Å²) in [6.07, 6.45) is 2.34. The molecule has 1 aliphatic heterocycles. The van der Waals surface area contributed by atoms with Crippen molar-refractivity contribution in [2.45, 2.75) is 38.8 Å². The lowest BCUT2D eigenvalue weighted by Crippen LogP contribution is -2.29. The van der Waals surface area contributed by atoms with Crippen LogP contribution in [-0.4, -0.2) is 27.3 Å². The van der Waals surface area contributed by atoms with Crippen LogP contribution in [0.3, 0.4) is 0 Å². The maximum atomic E-state index is 12.0. The highest BCUT2D eigenvalue weighted by Gasteiger charge is 2.22. The standard InChI is InChI=1S/C16H19ClN4O2/c1-11(16-20-19-14-3-2-9-21(14)16)18-15(22)8-10-23-13-6-4-12(17)5-7-13/h4-7,11H,2-3,8-10H2,1H3,(H,18,22)/t11-/m0/s1. The fourth-order valence-corrected chi connectivity index (χ4v) is 2.79. The van der Waals surface area contributed by atoms with Crippen LogP contribution < -0.4 is 10.1 Å². The molecule has 1 aromatic heterocycles. The topological polar surface area (TPSA) is 69.0 Å². The van der Waals surface area contributed by atoms with Crippen molar-refractivity contribution in [1.82, 2.24) is 20.1 Å². The summed E-state index contributed by atoms with van der Waals surface area (Å²) in [6.45, 7) is 3.17. The predicted octanol–water partition coefficient (Wildman–Crippen LogP) is 2.52. The second kappa shape index (κ2) is 7.00. The lowest BCUT2D eigenvalue weighted by molar-refractivity contribution is -0.122. The molecule has 6 nitrogen and oxygen atoms in total. The van der Waals surface area contributed by atoms with Gasteiger partial charge in [-0.25, -0.2) is 0 Å². The van der Waals surface area contributed by atoms with Gasteiger partial charge in [-0.15, -0.1) is 10.2 Å². The van der Waals surface area contributed by atoms with E-state index in [0.29, 0.717) is 17.4 Å². The molecule has 2 heterocycles. The molecule has 0 spiro atoms. The Labute approximate surface area is 139 Å². The van der Waals surface area contributed by atoms with E-state index in [-0.39, 0.29) is 18.4 Å². The van der Waals surface area contributed by atoms with Gasteiger partial charge >= 0.3 is 0 Å². The Balaban J connectivity index is 1.46. The van der Waals surface area contributed by atoms with Crippen molar-refractivity contribution in [2.24, 2.45) is 0 Å². The molecule has 1 aromatic carbocycles. The third kappa shape index (κ3) is 3.82. The third-order valence-electron chi connectivity index (χ3n) is 3.81. The number of rotatable bonds is 6. The van der Waals surface area contributed by atoms with E-state index in [0.717, 1.165) is 31.0 Å². The van der Waals surface area contributed by atoms with Crippen molar-refractivity contribution >= 4 is 17.5 Å². The fraction of sp³-hybridized carbons (Fsp3) is 0.438. The number of benzene rings is 1. The van der Waals surface area contributed by atoms with Gasteiger partial charge in [0.25, 0.3) is 0 Å². The van der Waals surface area contributed by atoms with Gasteiger partial charge < -0.3 is 14.6 Å². The highest BCUT2D eigenvalue weighted by atomic mass is 35.5. The van der Waals surface area contributed by atoms with Crippen LogP contribution in [0.4, 0.5) is 0 Å². The minimum absolute atomic E-state index is 0.0678. The molecule has 23 heavy (non-hydrogen) atoms. The van der Waals surface area contributed by atoms with Crippen LogP contribution in [0.5, 0.6) is 5.75 Å². The molecule has 1 aliphatic rings. The van der Waals surface area contributed by atoms with Crippen molar-refractivity contribution in [3.63, 3.8) is 0 Å². The zero-order valence-electron chi connectivity index (χ0n) is 13.0. The van der Waals surface area contributed by atoms with E-state index < -0.39 is 0 Å². The quantitative estimate of drug-likeness (QED) is 0.881.